The minimum atomic E-state index is 0.884. The van der Waals surface area contributed by atoms with Crippen molar-refractivity contribution < 1.29 is 0 Å². The zero-order chi connectivity index (χ0) is 19.9. The Morgan fingerprint density at radius 2 is 1.96 bits per heavy atom. The fraction of sp³-hybridized carbons (Fsp3) is 0.583. The Balaban J connectivity index is 0.000000533. The lowest BCUT2D eigenvalue weighted by Crippen LogP contribution is -1.97. The van der Waals surface area contributed by atoms with Gasteiger partial charge < -0.3 is 0 Å². The molecule has 1 fully saturated rings. The van der Waals surface area contributed by atoms with E-state index in [4.69, 9.17) is 11.6 Å². The molecule has 0 aliphatic heterocycles. The number of allylic oxidation sites excluding steroid dienone is 1. The molecule has 0 nitrogen and oxygen atoms in total. The third-order valence-corrected chi connectivity index (χ3v) is 5.45. The van der Waals surface area contributed by atoms with Crippen molar-refractivity contribution in [2.75, 3.05) is 0 Å². The Morgan fingerprint density at radius 1 is 1.27 bits per heavy atom. The maximum atomic E-state index is 6.07. The van der Waals surface area contributed by atoms with Gasteiger partial charge in [0.05, 0.1) is 0 Å². The molecule has 0 radical (unpaired) electrons. The van der Waals surface area contributed by atoms with Crippen molar-refractivity contribution >= 4 is 23.4 Å². The van der Waals surface area contributed by atoms with Crippen LogP contribution in [0.15, 0.2) is 41.7 Å². The summed E-state index contributed by atoms with van der Waals surface area (Å²) < 4.78 is 0. The summed E-state index contributed by atoms with van der Waals surface area (Å²) in [6.45, 7) is 18.1. The molecule has 0 bridgehead atoms. The van der Waals surface area contributed by atoms with Gasteiger partial charge in [-0.05, 0) is 78.0 Å². The zero-order valence-corrected chi connectivity index (χ0v) is 19.2. The first-order valence-corrected chi connectivity index (χ1v) is 11.4. The summed E-state index contributed by atoms with van der Waals surface area (Å²) in [5, 5.41) is 2.70. The van der Waals surface area contributed by atoms with Crippen molar-refractivity contribution in [1.82, 2.24) is 0 Å². The van der Waals surface area contributed by atoms with Crippen molar-refractivity contribution in [1.29, 1.82) is 0 Å². The third-order valence-electron chi connectivity index (χ3n) is 4.53. The minimum Gasteiger partial charge on any atom is -0.104 e. The van der Waals surface area contributed by atoms with Crippen LogP contribution in [0.5, 0.6) is 0 Å². The van der Waals surface area contributed by atoms with Crippen LogP contribution in [-0.4, -0.2) is 0 Å². The molecule has 2 heteroatoms. The summed E-state index contributed by atoms with van der Waals surface area (Å²) in [6.07, 6.45) is 9.11. The van der Waals surface area contributed by atoms with Crippen molar-refractivity contribution in [3.63, 3.8) is 0 Å². The molecule has 2 atom stereocenters. The molecule has 0 spiro atoms. The van der Waals surface area contributed by atoms with Crippen LogP contribution in [0, 0.1) is 18.8 Å². The highest BCUT2D eigenvalue weighted by Gasteiger charge is 2.20. The molecule has 1 aliphatic carbocycles. The molecule has 0 heterocycles. The number of halogens is 1. The summed E-state index contributed by atoms with van der Waals surface area (Å²) in [4.78, 5) is 1.21. The second-order valence-electron chi connectivity index (χ2n) is 7.03. The number of benzene rings is 1. The molecule has 26 heavy (non-hydrogen) atoms. The SMILES string of the molecule is C=CSC(=C)CCC.CC.Cc1cc(Cl)cc(CCC2CCC(C)C2)c1. The molecule has 1 aromatic rings. The van der Waals surface area contributed by atoms with Gasteiger partial charge in [0.25, 0.3) is 0 Å². The van der Waals surface area contributed by atoms with Crippen LogP contribution in [0.2, 0.25) is 5.02 Å². The molecular weight excluding hydrogens is 356 g/mol. The second kappa shape index (κ2) is 15.4. The Kier molecular flexibility index (Phi) is 15.0. The van der Waals surface area contributed by atoms with Crippen LogP contribution in [0.4, 0.5) is 0 Å². The van der Waals surface area contributed by atoms with E-state index in [1.165, 1.54) is 54.6 Å². The molecule has 1 saturated carbocycles. The first-order valence-electron chi connectivity index (χ1n) is 10.2. The van der Waals surface area contributed by atoms with E-state index in [9.17, 15) is 0 Å². The van der Waals surface area contributed by atoms with Crippen molar-refractivity contribution in [2.45, 2.75) is 79.6 Å². The van der Waals surface area contributed by atoms with E-state index in [2.05, 4.69) is 46.1 Å². The lowest BCUT2D eigenvalue weighted by Gasteiger charge is -2.10. The number of hydrogen-bond donors (Lipinski definition) is 0. The maximum absolute atomic E-state index is 6.07. The Hall–Kier alpha value is -0.660. The van der Waals surface area contributed by atoms with Gasteiger partial charge in [0.2, 0.25) is 0 Å². The van der Waals surface area contributed by atoms with Gasteiger partial charge in [-0.3, -0.25) is 0 Å². The molecule has 2 unspecified atom stereocenters. The number of hydrogen-bond acceptors (Lipinski definition) is 1. The highest BCUT2D eigenvalue weighted by Crippen LogP contribution is 2.33. The Morgan fingerprint density at radius 3 is 2.46 bits per heavy atom. The standard InChI is InChI=1S/C15H21Cl.C7H12S.C2H6/c1-11-3-4-13(7-11)5-6-14-8-12(2)9-15(16)10-14;1-4-6-7(3)8-5-2;1-2/h8-11,13H,3-7H2,1-2H3;5H,2-4,6H2,1H3;1-2H3. The highest BCUT2D eigenvalue weighted by molar-refractivity contribution is 8.05. The zero-order valence-electron chi connectivity index (χ0n) is 17.6. The molecule has 1 aromatic carbocycles. The van der Waals surface area contributed by atoms with Crippen LogP contribution in [0.25, 0.3) is 0 Å². The second-order valence-corrected chi connectivity index (χ2v) is 8.62. The smallest absolute Gasteiger partial charge is 0.0411 e. The lowest BCUT2D eigenvalue weighted by atomic mass is 9.96. The van der Waals surface area contributed by atoms with E-state index in [0.29, 0.717) is 0 Å². The van der Waals surface area contributed by atoms with Gasteiger partial charge in [-0.2, -0.15) is 0 Å². The van der Waals surface area contributed by atoms with Crippen LogP contribution < -0.4 is 0 Å². The topological polar surface area (TPSA) is 0 Å². The first-order chi connectivity index (χ1) is 12.4. The van der Waals surface area contributed by atoms with E-state index in [1.807, 2.05) is 25.3 Å². The number of thioether (sulfide) groups is 1. The van der Waals surface area contributed by atoms with E-state index in [1.54, 1.807) is 11.8 Å². The Bertz CT molecular complexity index is 501. The Labute approximate surface area is 172 Å². The summed E-state index contributed by atoms with van der Waals surface area (Å²) in [6, 6.07) is 6.42. The molecule has 148 valence electrons. The molecule has 0 aromatic heterocycles. The maximum Gasteiger partial charge on any atom is 0.0411 e. The summed E-state index contributed by atoms with van der Waals surface area (Å²) >= 11 is 7.69. The quantitative estimate of drug-likeness (QED) is 0.443. The fourth-order valence-corrected chi connectivity index (χ4v) is 4.24. The van der Waals surface area contributed by atoms with Gasteiger partial charge in [-0.1, -0.05) is 77.8 Å². The van der Waals surface area contributed by atoms with Gasteiger partial charge in [0.1, 0.15) is 0 Å². The van der Waals surface area contributed by atoms with Crippen molar-refractivity contribution in [3.05, 3.63) is 57.8 Å². The van der Waals surface area contributed by atoms with Crippen LogP contribution in [-0.2, 0) is 6.42 Å². The molecule has 0 amide bonds. The average Bonchev–Trinajstić information content (AvgIpc) is 3.01. The average molecular weight is 395 g/mol. The summed E-state index contributed by atoms with van der Waals surface area (Å²) in [5.41, 5.74) is 2.69. The van der Waals surface area contributed by atoms with Gasteiger partial charge in [-0.25, -0.2) is 0 Å². The normalized spacial score (nSPS) is 18.2. The van der Waals surface area contributed by atoms with E-state index < -0.39 is 0 Å². The number of aryl methyl sites for hydroxylation is 2. The number of rotatable bonds is 7. The van der Waals surface area contributed by atoms with E-state index in [0.717, 1.165) is 23.3 Å². The summed E-state index contributed by atoms with van der Waals surface area (Å²) in [7, 11) is 0. The predicted octanol–water partition coefficient (Wildman–Crippen LogP) is 9.22. The van der Waals surface area contributed by atoms with Gasteiger partial charge in [0.15, 0.2) is 0 Å². The van der Waals surface area contributed by atoms with Gasteiger partial charge >= 0.3 is 0 Å². The largest absolute Gasteiger partial charge is 0.104 e. The van der Waals surface area contributed by atoms with Gasteiger partial charge in [0, 0.05) is 5.02 Å². The van der Waals surface area contributed by atoms with Crippen LogP contribution in [0.1, 0.15) is 77.3 Å². The van der Waals surface area contributed by atoms with E-state index >= 15 is 0 Å². The third kappa shape index (κ3) is 11.9. The van der Waals surface area contributed by atoms with Gasteiger partial charge in [-0.15, -0.1) is 11.8 Å². The molecule has 0 saturated heterocycles. The predicted molar refractivity (Wildman–Crippen MR) is 124 cm³/mol. The van der Waals surface area contributed by atoms with E-state index in [-0.39, 0.29) is 0 Å². The fourth-order valence-electron chi connectivity index (χ4n) is 3.37. The monoisotopic (exact) mass is 394 g/mol. The minimum absolute atomic E-state index is 0.884. The molecule has 2 rings (SSSR count). The highest BCUT2D eigenvalue weighted by atomic mass is 35.5. The van der Waals surface area contributed by atoms with Crippen LogP contribution in [0.3, 0.4) is 0 Å². The molecular formula is C24H39ClS. The summed E-state index contributed by atoms with van der Waals surface area (Å²) in [5.74, 6) is 1.90. The van der Waals surface area contributed by atoms with Crippen molar-refractivity contribution in [2.24, 2.45) is 11.8 Å². The van der Waals surface area contributed by atoms with Crippen molar-refractivity contribution in [3.8, 4) is 0 Å². The molecule has 0 N–H and O–H groups in total. The first kappa shape index (κ1) is 25.3. The lowest BCUT2D eigenvalue weighted by molar-refractivity contribution is 0.480. The van der Waals surface area contributed by atoms with Crippen LogP contribution >= 0.6 is 23.4 Å². The molecule has 1 aliphatic rings.